The largest absolute Gasteiger partial charge is 0.349 e. The SMILES string of the molecule is O=C(NC[C@H]1[C@@H]2CNC[C@@H](C2)[C@@H]2CCCCN21)c1nc2ccc(Cl)cn2c1F. The number of pyridine rings is 1. The van der Waals surface area contributed by atoms with Crippen molar-refractivity contribution in [3.63, 3.8) is 0 Å². The number of rotatable bonds is 3. The van der Waals surface area contributed by atoms with E-state index in [1.54, 1.807) is 12.1 Å². The third-order valence-electron chi connectivity index (χ3n) is 6.74. The van der Waals surface area contributed by atoms with Crippen molar-refractivity contribution in [1.82, 2.24) is 24.9 Å². The van der Waals surface area contributed by atoms with E-state index in [0.717, 1.165) is 19.6 Å². The molecule has 8 heteroatoms. The van der Waals surface area contributed by atoms with Gasteiger partial charge >= 0.3 is 0 Å². The fraction of sp³-hybridized carbons (Fsp3) is 0.600. The Morgan fingerprint density at radius 3 is 3.07 bits per heavy atom. The summed E-state index contributed by atoms with van der Waals surface area (Å²) in [5, 5.41) is 6.93. The molecule has 4 atom stereocenters. The van der Waals surface area contributed by atoms with Crippen LogP contribution in [0.15, 0.2) is 18.3 Å². The minimum absolute atomic E-state index is 0.173. The number of hydrogen-bond acceptors (Lipinski definition) is 4. The first-order chi connectivity index (χ1) is 13.6. The van der Waals surface area contributed by atoms with Crippen LogP contribution in [-0.2, 0) is 0 Å². The Hall–Kier alpha value is -1.70. The van der Waals surface area contributed by atoms with Crippen LogP contribution in [0.4, 0.5) is 4.39 Å². The van der Waals surface area contributed by atoms with Gasteiger partial charge in [-0.3, -0.25) is 14.1 Å². The average molecular weight is 406 g/mol. The number of nitrogens with zero attached hydrogens (tertiary/aromatic N) is 3. The summed E-state index contributed by atoms with van der Waals surface area (Å²) in [5.41, 5.74) is 0.202. The zero-order chi connectivity index (χ0) is 19.3. The highest BCUT2D eigenvalue weighted by Gasteiger charge is 2.45. The Morgan fingerprint density at radius 2 is 2.18 bits per heavy atom. The lowest BCUT2D eigenvalue weighted by atomic mass is 9.73. The van der Waals surface area contributed by atoms with Crippen LogP contribution in [-0.4, -0.2) is 58.5 Å². The molecule has 0 radical (unpaired) electrons. The quantitative estimate of drug-likeness (QED) is 0.822. The monoisotopic (exact) mass is 405 g/mol. The Balaban J connectivity index is 1.33. The van der Waals surface area contributed by atoms with E-state index in [1.807, 2.05) is 0 Å². The summed E-state index contributed by atoms with van der Waals surface area (Å²) < 4.78 is 15.9. The van der Waals surface area contributed by atoms with Crippen molar-refractivity contribution in [2.75, 3.05) is 26.2 Å². The molecule has 5 rings (SSSR count). The number of hydrogen-bond donors (Lipinski definition) is 2. The smallest absolute Gasteiger partial charge is 0.274 e. The molecule has 0 unspecified atom stereocenters. The van der Waals surface area contributed by atoms with Gasteiger partial charge in [-0.2, -0.15) is 4.39 Å². The van der Waals surface area contributed by atoms with Crippen molar-refractivity contribution >= 4 is 23.2 Å². The molecule has 2 bridgehead atoms. The summed E-state index contributed by atoms with van der Waals surface area (Å²) in [6, 6.07) is 4.15. The molecule has 3 aliphatic heterocycles. The predicted molar refractivity (Wildman–Crippen MR) is 105 cm³/mol. The van der Waals surface area contributed by atoms with Crippen molar-refractivity contribution in [2.45, 2.75) is 37.8 Å². The molecule has 2 aromatic rings. The molecule has 2 aromatic heterocycles. The average Bonchev–Trinajstić information content (AvgIpc) is 3.04. The van der Waals surface area contributed by atoms with E-state index in [-0.39, 0.29) is 5.69 Å². The minimum atomic E-state index is -0.672. The molecule has 150 valence electrons. The molecule has 0 saturated carbocycles. The van der Waals surface area contributed by atoms with E-state index in [1.165, 1.54) is 36.3 Å². The predicted octanol–water partition coefficient (Wildman–Crippen LogP) is 2.32. The van der Waals surface area contributed by atoms with Gasteiger partial charge in [0.05, 0.1) is 5.02 Å². The molecule has 3 fully saturated rings. The fourth-order valence-electron chi connectivity index (χ4n) is 5.46. The van der Waals surface area contributed by atoms with E-state index in [0.29, 0.717) is 41.1 Å². The zero-order valence-corrected chi connectivity index (χ0v) is 16.5. The summed E-state index contributed by atoms with van der Waals surface area (Å²) >= 11 is 5.93. The lowest BCUT2D eigenvalue weighted by Crippen LogP contribution is -2.65. The minimum Gasteiger partial charge on any atom is -0.349 e. The number of imidazole rings is 1. The van der Waals surface area contributed by atoms with Gasteiger partial charge in [0.15, 0.2) is 5.69 Å². The van der Waals surface area contributed by atoms with Crippen LogP contribution in [0.1, 0.15) is 36.2 Å². The highest BCUT2D eigenvalue weighted by atomic mass is 35.5. The van der Waals surface area contributed by atoms with E-state index in [4.69, 9.17) is 11.6 Å². The second kappa shape index (κ2) is 7.28. The maximum atomic E-state index is 14.7. The van der Waals surface area contributed by atoms with Gasteiger partial charge in [-0.15, -0.1) is 0 Å². The molecule has 5 heterocycles. The Bertz CT molecular complexity index is 902. The molecular weight excluding hydrogens is 381 g/mol. The van der Waals surface area contributed by atoms with Crippen LogP contribution >= 0.6 is 11.6 Å². The number of aromatic nitrogens is 2. The normalized spacial score (nSPS) is 30.2. The topological polar surface area (TPSA) is 61.7 Å². The van der Waals surface area contributed by atoms with Crippen molar-refractivity contribution in [3.05, 3.63) is 35.0 Å². The van der Waals surface area contributed by atoms with E-state index in [9.17, 15) is 9.18 Å². The molecule has 0 aliphatic carbocycles. The third-order valence-corrected chi connectivity index (χ3v) is 6.96. The van der Waals surface area contributed by atoms with Crippen molar-refractivity contribution in [1.29, 1.82) is 0 Å². The molecule has 0 spiro atoms. The highest BCUT2D eigenvalue weighted by Crippen LogP contribution is 2.38. The summed E-state index contributed by atoms with van der Waals surface area (Å²) in [6.07, 6.45) is 6.40. The first-order valence-corrected chi connectivity index (χ1v) is 10.6. The highest BCUT2D eigenvalue weighted by molar-refractivity contribution is 6.30. The molecule has 2 N–H and O–H groups in total. The summed E-state index contributed by atoms with van der Waals surface area (Å²) in [4.78, 5) is 19.5. The van der Waals surface area contributed by atoms with E-state index in [2.05, 4.69) is 20.5 Å². The zero-order valence-electron chi connectivity index (χ0n) is 15.7. The molecular formula is C20H25ClFN5O. The van der Waals surface area contributed by atoms with Gasteiger partial charge in [-0.25, -0.2) is 4.98 Å². The standard InChI is InChI=1S/C20H25ClFN5O/c21-14-4-5-17-25-18(19(22)27(17)11-14)20(28)24-10-16-13-7-12(8-23-9-13)15-3-1-2-6-26(15)16/h4-5,11-13,15-16,23H,1-3,6-10H2,(H,24,28)/t12-,13+,15+,16+/m1/s1. The number of fused-ring (bicyclic) bond motifs is 5. The maximum Gasteiger partial charge on any atom is 0.274 e. The molecule has 28 heavy (non-hydrogen) atoms. The fourth-order valence-corrected chi connectivity index (χ4v) is 5.62. The van der Waals surface area contributed by atoms with Crippen LogP contribution < -0.4 is 10.6 Å². The second-order valence-electron chi connectivity index (χ2n) is 8.32. The number of halogens is 2. The van der Waals surface area contributed by atoms with Gasteiger partial charge in [0, 0.05) is 24.8 Å². The third kappa shape index (κ3) is 3.09. The first kappa shape index (κ1) is 18.3. The van der Waals surface area contributed by atoms with E-state index < -0.39 is 11.9 Å². The van der Waals surface area contributed by atoms with Gasteiger partial charge < -0.3 is 10.6 Å². The Morgan fingerprint density at radius 1 is 1.32 bits per heavy atom. The summed E-state index contributed by atoms with van der Waals surface area (Å²) in [7, 11) is 0. The van der Waals surface area contributed by atoms with Crippen LogP contribution in [0, 0.1) is 17.8 Å². The van der Waals surface area contributed by atoms with Crippen LogP contribution in [0.2, 0.25) is 5.02 Å². The number of carbonyl (C=O) groups is 1. The Labute approximate surface area is 168 Å². The van der Waals surface area contributed by atoms with Crippen LogP contribution in [0.5, 0.6) is 0 Å². The van der Waals surface area contributed by atoms with Gasteiger partial charge in [0.2, 0.25) is 5.95 Å². The summed E-state index contributed by atoms with van der Waals surface area (Å²) in [5.74, 6) is 0.107. The molecule has 0 aromatic carbocycles. The second-order valence-corrected chi connectivity index (χ2v) is 8.76. The van der Waals surface area contributed by atoms with E-state index >= 15 is 0 Å². The lowest BCUT2D eigenvalue weighted by Gasteiger charge is -2.55. The molecule has 6 nitrogen and oxygen atoms in total. The van der Waals surface area contributed by atoms with Crippen molar-refractivity contribution in [2.24, 2.45) is 11.8 Å². The summed E-state index contributed by atoms with van der Waals surface area (Å²) in [6.45, 7) is 3.72. The van der Waals surface area contributed by atoms with Crippen molar-refractivity contribution in [3.8, 4) is 0 Å². The lowest BCUT2D eigenvalue weighted by molar-refractivity contribution is -0.0371. The van der Waals surface area contributed by atoms with Crippen molar-refractivity contribution < 1.29 is 9.18 Å². The van der Waals surface area contributed by atoms with Crippen LogP contribution in [0.25, 0.3) is 5.65 Å². The molecule has 3 saturated heterocycles. The number of nitrogens with one attached hydrogen (secondary N) is 2. The van der Waals surface area contributed by atoms with Gasteiger partial charge in [0.25, 0.3) is 5.91 Å². The van der Waals surface area contributed by atoms with Gasteiger partial charge in [-0.1, -0.05) is 18.0 Å². The van der Waals surface area contributed by atoms with Gasteiger partial charge in [0.1, 0.15) is 5.65 Å². The number of carbonyl (C=O) groups excluding carboxylic acids is 1. The molecule has 1 amide bonds. The van der Waals surface area contributed by atoms with Crippen LogP contribution in [0.3, 0.4) is 0 Å². The molecule has 3 aliphatic rings. The number of amides is 1. The number of piperidine rings is 3. The Kier molecular flexibility index (Phi) is 4.77. The van der Waals surface area contributed by atoms with Gasteiger partial charge in [-0.05, 0) is 62.9 Å². The first-order valence-electron chi connectivity index (χ1n) is 10.2. The maximum absolute atomic E-state index is 14.7.